The number of nitrogens with one attached hydrogen (secondary N) is 3. The summed E-state index contributed by atoms with van der Waals surface area (Å²) >= 11 is 0. The van der Waals surface area contributed by atoms with Crippen molar-refractivity contribution < 1.29 is 43.0 Å². The monoisotopic (exact) mass is 592 g/mol. The predicted octanol–water partition coefficient (Wildman–Crippen LogP) is 1.05. The maximum absolute atomic E-state index is 13.7. The van der Waals surface area contributed by atoms with E-state index in [0.717, 1.165) is 0 Å². The van der Waals surface area contributed by atoms with Crippen LogP contribution >= 0.6 is 0 Å². The fraction of sp³-hybridized carbons (Fsp3) is 0.367. The SMILES string of the molecule is O=C(CCCCN1C(=O)NC(c2ccccc2)(c2ccccc2)C1=O)NCCOC(=O)CCC(=O)OC1CC(=O)NC1=O. The van der Waals surface area contributed by atoms with Crippen molar-refractivity contribution in [2.24, 2.45) is 0 Å². The van der Waals surface area contributed by atoms with Gasteiger partial charge in [-0.05, 0) is 24.0 Å². The van der Waals surface area contributed by atoms with Crippen LogP contribution in [0.2, 0.25) is 0 Å². The number of esters is 2. The Morgan fingerprint density at radius 1 is 0.860 bits per heavy atom. The molecule has 2 aromatic carbocycles. The van der Waals surface area contributed by atoms with E-state index in [-0.39, 0.29) is 57.2 Å². The molecular formula is C30H32N4O9. The molecule has 13 heteroatoms. The first kappa shape index (κ1) is 30.9. The Morgan fingerprint density at radius 2 is 1.49 bits per heavy atom. The Hall–Kier alpha value is -5.07. The molecule has 43 heavy (non-hydrogen) atoms. The second-order valence-electron chi connectivity index (χ2n) is 9.99. The summed E-state index contributed by atoms with van der Waals surface area (Å²) in [5.41, 5.74) is -0.0301. The van der Waals surface area contributed by atoms with Crippen molar-refractivity contribution in [2.75, 3.05) is 19.7 Å². The normalized spacial score (nSPS) is 17.3. The van der Waals surface area contributed by atoms with Gasteiger partial charge in [-0.15, -0.1) is 0 Å². The van der Waals surface area contributed by atoms with Crippen molar-refractivity contribution in [3.63, 3.8) is 0 Å². The Labute approximate surface area is 247 Å². The molecule has 0 spiro atoms. The van der Waals surface area contributed by atoms with Gasteiger partial charge in [0, 0.05) is 13.0 Å². The van der Waals surface area contributed by atoms with Crippen LogP contribution in [0, 0.1) is 0 Å². The van der Waals surface area contributed by atoms with E-state index in [1.165, 1.54) is 4.90 Å². The largest absolute Gasteiger partial charge is 0.464 e. The van der Waals surface area contributed by atoms with Gasteiger partial charge in [-0.1, -0.05) is 60.7 Å². The second kappa shape index (κ2) is 14.2. The minimum Gasteiger partial charge on any atom is -0.464 e. The molecule has 4 rings (SSSR count). The Kier molecular flexibility index (Phi) is 10.2. The third-order valence-electron chi connectivity index (χ3n) is 6.97. The summed E-state index contributed by atoms with van der Waals surface area (Å²) in [6.45, 7) is 0.0901. The molecule has 2 aromatic rings. The first-order valence-electron chi connectivity index (χ1n) is 13.9. The second-order valence-corrected chi connectivity index (χ2v) is 9.99. The van der Waals surface area contributed by atoms with Crippen LogP contribution in [0.15, 0.2) is 60.7 Å². The minimum atomic E-state index is -1.33. The summed E-state index contributed by atoms with van der Waals surface area (Å²) in [7, 11) is 0. The van der Waals surface area contributed by atoms with Crippen molar-refractivity contribution in [1.82, 2.24) is 20.9 Å². The Bertz CT molecular complexity index is 1340. The number of benzene rings is 2. The number of unbranched alkanes of at least 4 members (excludes halogenated alkanes) is 1. The topological polar surface area (TPSA) is 177 Å². The molecule has 0 aromatic heterocycles. The fourth-order valence-corrected chi connectivity index (χ4v) is 4.83. The van der Waals surface area contributed by atoms with Crippen LogP contribution in [0.4, 0.5) is 4.79 Å². The zero-order chi connectivity index (χ0) is 30.8. The summed E-state index contributed by atoms with van der Waals surface area (Å²) in [4.78, 5) is 86.0. The standard InChI is InChI=1S/C30H32N4O9/c35-23(31-16-18-42-25(37)14-15-26(38)43-22-19-24(36)32-27(22)39)13-7-8-17-34-28(40)30(33-29(34)41,20-9-3-1-4-10-20)21-11-5-2-6-12-21/h1-6,9-12,22H,7-8,13-19H2,(H,31,35)(H,33,41)(H,32,36,39). The maximum atomic E-state index is 13.7. The van der Waals surface area contributed by atoms with Crippen LogP contribution in [0.5, 0.6) is 0 Å². The fourth-order valence-electron chi connectivity index (χ4n) is 4.83. The van der Waals surface area contributed by atoms with Crippen LogP contribution < -0.4 is 16.0 Å². The number of imide groups is 2. The lowest BCUT2D eigenvalue weighted by Gasteiger charge is -2.28. The average molecular weight is 593 g/mol. The van der Waals surface area contributed by atoms with Gasteiger partial charge in [0.15, 0.2) is 11.6 Å². The van der Waals surface area contributed by atoms with E-state index >= 15 is 0 Å². The molecule has 2 fully saturated rings. The average Bonchev–Trinajstić information content (AvgIpc) is 3.46. The molecule has 226 valence electrons. The van der Waals surface area contributed by atoms with Gasteiger partial charge < -0.3 is 20.1 Å². The quantitative estimate of drug-likeness (QED) is 0.125. The number of hydrogen-bond donors (Lipinski definition) is 3. The lowest BCUT2D eigenvalue weighted by molar-refractivity contribution is -0.156. The van der Waals surface area contributed by atoms with E-state index in [1.807, 2.05) is 41.7 Å². The number of urea groups is 1. The molecule has 0 bridgehead atoms. The zero-order valence-electron chi connectivity index (χ0n) is 23.3. The van der Waals surface area contributed by atoms with Crippen LogP contribution in [-0.2, 0) is 43.8 Å². The van der Waals surface area contributed by atoms with Crippen LogP contribution in [-0.4, -0.2) is 72.3 Å². The first-order valence-corrected chi connectivity index (χ1v) is 13.9. The Balaban J connectivity index is 1.13. The molecule has 0 saturated carbocycles. The van der Waals surface area contributed by atoms with Crippen molar-refractivity contribution in [3.05, 3.63) is 71.8 Å². The van der Waals surface area contributed by atoms with Crippen LogP contribution in [0.3, 0.4) is 0 Å². The lowest BCUT2D eigenvalue weighted by atomic mass is 9.82. The molecule has 1 atom stereocenters. The zero-order valence-corrected chi connectivity index (χ0v) is 23.3. The molecule has 2 aliphatic rings. The summed E-state index contributed by atoms with van der Waals surface area (Å²) in [5.74, 6) is -3.39. The van der Waals surface area contributed by atoms with E-state index in [4.69, 9.17) is 9.47 Å². The van der Waals surface area contributed by atoms with Crippen LogP contribution in [0.25, 0.3) is 0 Å². The van der Waals surface area contributed by atoms with Gasteiger partial charge in [-0.3, -0.25) is 39.0 Å². The van der Waals surface area contributed by atoms with Gasteiger partial charge in [0.05, 0.1) is 25.8 Å². The molecule has 2 saturated heterocycles. The molecule has 1 unspecified atom stereocenters. The van der Waals surface area contributed by atoms with Crippen molar-refractivity contribution in [2.45, 2.75) is 50.2 Å². The minimum absolute atomic E-state index is 0.0586. The van der Waals surface area contributed by atoms with Gasteiger partial charge in [0.25, 0.3) is 11.8 Å². The van der Waals surface area contributed by atoms with E-state index < -0.39 is 41.4 Å². The molecule has 2 aliphatic heterocycles. The van der Waals surface area contributed by atoms with Crippen LogP contribution in [0.1, 0.15) is 49.7 Å². The molecule has 6 amide bonds. The summed E-state index contributed by atoms with van der Waals surface area (Å²) in [5, 5.41) is 7.52. The van der Waals surface area contributed by atoms with Gasteiger partial charge >= 0.3 is 18.0 Å². The third kappa shape index (κ3) is 7.61. The highest BCUT2D eigenvalue weighted by Gasteiger charge is 2.53. The van der Waals surface area contributed by atoms with Gasteiger partial charge in [0.1, 0.15) is 6.61 Å². The molecule has 0 aliphatic carbocycles. The maximum Gasteiger partial charge on any atom is 0.325 e. The number of carbonyl (C=O) groups excluding carboxylic acids is 7. The van der Waals surface area contributed by atoms with Crippen molar-refractivity contribution in [1.29, 1.82) is 0 Å². The number of nitrogens with zero attached hydrogens (tertiary/aromatic N) is 1. The Morgan fingerprint density at radius 3 is 2.09 bits per heavy atom. The van der Waals surface area contributed by atoms with Gasteiger partial charge in [-0.25, -0.2) is 4.79 Å². The number of ether oxygens (including phenoxy) is 2. The van der Waals surface area contributed by atoms with E-state index in [0.29, 0.717) is 24.0 Å². The van der Waals surface area contributed by atoms with E-state index in [2.05, 4.69) is 10.6 Å². The number of rotatable bonds is 14. The summed E-state index contributed by atoms with van der Waals surface area (Å²) < 4.78 is 9.84. The highest BCUT2D eigenvalue weighted by molar-refractivity contribution is 6.09. The number of amides is 6. The van der Waals surface area contributed by atoms with Crippen molar-refractivity contribution >= 4 is 41.6 Å². The number of carbonyl (C=O) groups is 7. The lowest BCUT2D eigenvalue weighted by Crippen LogP contribution is -2.45. The highest BCUT2D eigenvalue weighted by Crippen LogP contribution is 2.36. The molecule has 0 radical (unpaired) electrons. The number of hydrogen-bond acceptors (Lipinski definition) is 9. The third-order valence-corrected chi connectivity index (χ3v) is 6.97. The van der Waals surface area contributed by atoms with E-state index in [9.17, 15) is 33.6 Å². The van der Waals surface area contributed by atoms with E-state index in [1.54, 1.807) is 24.3 Å². The molecule has 2 heterocycles. The summed E-state index contributed by atoms with van der Waals surface area (Å²) in [6.07, 6.45) is -1.07. The molecule has 13 nitrogen and oxygen atoms in total. The first-order chi connectivity index (χ1) is 20.7. The molecular weight excluding hydrogens is 560 g/mol. The van der Waals surface area contributed by atoms with Gasteiger partial charge in [0.2, 0.25) is 11.8 Å². The van der Waals surface area contributed by atoms with Gasteiger partial charge in [-0.2, -0.15) is 0 Å². The smallest absolute Gasteiger partial charge is 0.325 e. The highest BCUT2D eigenvalue weighted by atomic mass is 16.6. The summed E-state index contributed by atoms with van der Waals surface area (Å²) in [6, 6.07) is 17.6. The van der Waals surface area contributed by atoms with Crippen molar-refractivity contribution in [3.8, 4) is 0 Å². The predicted molar refractivity (Wildman–Crippen MR) is 149 cm³/mol. The molecule has 3 N–H and O–H groups in total.